The average Bonchev–Trinajstić information content (AvgIpc) is 2.55. The molecule has 0 aromatic heterocycles. The van der Waals surface area contributed by atoms with E-state index < -0.39 is 0 Å². The van der Waals surface area contributed by atoms with Crippen LogP contribution in [0, 0.1) is 0 Å². The quantitative estimate of drug-likeness (QED) is 0.839. The monoisotopic (exact) mass is 306 g/mol. The van der Waals surface area contributed by atoms with Crippen molar-refractivity contribution in [2.75, 3.05) is 51.8 Å². The fourth-order valence-electron chi connectivity index (χ4n) is 2.64. The van der Waals surface area contributed by atoms with Gasteiger partial charge in [-0.05, 0) is 29.5 Å². The molecule has 1 aliphatic heterocycles. The van der Waals surface area contributed by atoms with Gasteiger partial charge in [0.25, 0.3) is 0 Å². The molecule has 0 aliphatic carbocycles. The maximum atomic E-state index is 5.49. The van der Waals surface area contributed by atoms with Crippen molar-refractivity contribution in [3.05, 3.63) is 23.8 Å². The van der Waals surface area contributed by atoms with Crippen LogP contribution in [0.15, 0.2) is 18.2 Å². The van der Waals surface area contributed by atoms with Gasteiger partial charge in [0.2, 0.25) is 0 Å². The van der Waals surface area contributed by atoms with E-state index >= 15 is 0 Å². The van der Waals surface area contributed by atoms with Gasteiger partial charge in [-0.15, -0.1) is 0 Å². The molecular weight excluding hydrogens is 276 g/mol. The molecule has 2 rings (SSSR count). The molecule has 1 aromatic carbocycles. The van der Waals surface area contributed by atoms with Gasteiger partial charge in [-0.25, -0.2) is 0 Å². The van der Waals surface area contributed by atoms with Crippen LogP contribution < -0.4 is 10.1 Å². The average molecular weight is 306 g/mol. The van der Waals surface area contributed by atoms with Crippen LogP contribution >= 0.6 is 0 Å². The van der Waals surface area contributed by atoms with Gasteiger partial charge in [-0.2, -0.15) is 0 Å². The van der Waals surface area contributed by atoms with E-state index in [1.54, 1.807) is 7.11 Å². The number of nitrogens with one attached hydrogen (secondary N) is 1. The van der Waals surface area contributed by atoms with Crippen molar-refractivity contribution in [3.63, 3.8) is 0 Å². The van der Waals surface area contributed by atoms with Crippen molar-refractivity contribution in [2.45, 2.75) is 32.6 Å². The first-order valence-corrected chi connectivity index (χ1v) is 8.29. The summed E-state index contributed by atoms with van der Waals surface area (Å²) in [5.41, 5.74) is 2.63. The van der Waals surface area contributed by atoms with E-state index in [4.69, 9.17) is 9.47 Å². The molecular formula is C18H30N2O2. The number of rotatable bonds is 7. The Kier molecular flexibility index (Phi) is 6.09. The Morgan fingerprint density at radius 3 is 2.64 bits per heavy atom. The molecule has 1 fully saturated rings. The Hall–Kier alpha value is -1.26. The summed E-state index contributed by atoms with van der Waals surface area (Å²) in [5, 5.41) is 3.54. The highest BCUT2D eigenvalue weighted by Crippen LogP contribution is 2.33. The molecule has 1 saturated heterocycles. The predicted molar refractivity (Wildman–Crippen MR) is 92.1 cm³/mol. The highest BCUT2D eigenvalue weighted by molar-refractivity contribution is 5.59. The Labute approximate surface area is 134 Å². The maximum Gasteiger partial charge on any atom is 0.141 e. The van der Waals surface area contributed by atoms with Crippen LogP contribution in [-0.2, 0) is 10.2 Å². The van der Waals surface area contributed by atoms with Gasteiger partial charge in [0.05, 0.1) is 26.0 Å². The van der Waals surface area contributed by atoms with Crippen LogP contribution in [0.25, 0.3) is 0 Å². The number of hydrogen-bond donors (Lipinski definition) is 1. The summed E-state index contributed by atoms with van der Waals surface area (Å²) in [6, 6.07) is 6.49. The summed E-state index contributed by atoms with van der Waals surface area (Å²) in [6.07, 6.45) is 1.12. The Bertz CT molecular complexity index is 468. The van der Waals surface area contributed by atoms with E-state index in [0.717, 1.165) is 57.3 Å². The third kappa shape index (κ3) is 4.37. The summed E-state index contributed by atoms with van der Waals surface area (Å²) in [7, 11) is 1.73. The van der Waals surface area contributed by atoms with Crippen LogP contribution in [0.2, 0.25) is 0 Å². The number of nitrogens with zero attached hydrogens (tertiary/aromatic N) is 1. The second kappa shape index (κ2) is 7.84. The summed E-state index contributed by atoms with van der Waals surface area (Å²) < 4.78 is 10.9. The second-order valence-corrected chi connectivity index (χ2v) is 6.53. The molecule has 22 heavy (non-hydrogen) atoms. The van der Waals surface area contributed by atoms with Crippen molar-refractivity contribution in [2.24, 2.45) is 0 Å². The molecule has 1 aliphatic rings. The Balaban J connectivity index is 1.99. The minimum absolute atomic E-state index is 0.187. The number of benzene rings is 1. The van der Waals surface area contributed by atoms with E-state index in [1.807, 2.05) is 0 Å². The lowest BCUT2D eigenvalue weighted by Crippen LogP contribution is -2.39. The molecule has 0 bridgehead atoms. The topological polar surface area (TPSA) is 33.7 Å². The zero-order valence-corrected chi connectivity index (χ0v) is 14.4. The molecule has 0 spiro atoms. The normalized spacial score (nSPS) is 16.5. The van der Waals surface area contributed by atoms with E-state index in [2.05, 4.69) is 49.2 Å². The first-order chi connectivity index (χ1) is 10.6. The molecule has 0 unspecified atom stereocenters. The van der Waals surface area contributed by atoms with E-state index in [0.29, 0.717) is 0 Å². The Morgan fingerprint density at radius 1 is 1.27 bits per heavy atom. The summed E-state index contributed by atoms with van der Waals surface area (Å²) >= 11 is 0. The number of methoxy groups -OCH3 is 1. The fraction of sp³-hybridized carbons (Fsp3) is 0.667. The minimum Gasteiger partial charge on any atom is -0.495 e. The summed E-state index contributed by atoms with van der Waals surface area (Å²) in [6.45, 7) is 12.5. The van der Waals surface area contributed by atoms with Gasteiger partial charge in [0.15, 0.2) is 0 Å². The lowest BCUT2D eigenvalue weighted by Gasteiger charge is -2.27. The lowest BCUT2D eigenvalue weighted by molar-refractivity contribution is 0.0398. The maximum absolute atomic E-state index is 5.49. The van der Waals surface area contributed by atoms with Gasteiger partial charge in [0.1, 0.15) is 5.75 Å². The van der Waals surface area contributed by atoms with Gasteiger partial charge < -0.3 is 14.8 Å². The molecule has 1 N–H and O–H groups in total. The smallest absolute Gasteiger partial charge is 0.141 e. The first kappa shape index (κ1) is 17.1. The molecule has 4 heteroatoms. The minimum atomic E-state index is 0.187. The van der Waals surface area contributed by atoms with Gasteiger partial charge in [-0.1, -0.05) is 26.8 Å². The van der Waals surface area contributed by atoms with Crippen LogP contribution in [0.4, 0.5) is 5.69 Å². The van der Waals surface area contributed by atoms with Crippen LogP contribution in [0.3, 0.4) is 0 Å². The SMILES string of the molecule is CCC(C)(C)c1ccc(OC)c(NCCN2CCOCC2)c1. The molecule has 0 radical (unpaired) electrons. The molecule has 0 atom stereocenters. The highest BCUT2D eigenvalue weighted by Gasteiger charge is 2.19. The lowest BCUT2D eigenvalue weighted by atomic mass is 9.82. The number of hydrogen-bond acceptors (Lipinski definition) is 4. The predicted octanol–water partition coefficient (Wildman–Crippen LogP) is 3.13. The van der Waals surface area contributed by atoms with E-state index in [-0.39, 0.29) is 5.41 Å². The zero-order chi connectivity index (χ0) is 16.0. The van der Waals surface area contributed by atoms with Crippen molar-refractivity contribution in [1.82, 2.24) is 4.90 Å². The summed E-state index contributed by atoms with van der Waals surface area (Å²) in [5.74, 6) is 0.914. The third-order valence-corrected chi connectivity index (χ3v) is 4.71. The Morgan fingerprint density at radius 2 is 2.00 bits per heavy atom. The first-order valence-electron chi connectivity index (χ1n) is 8.29. The standard InChI is InChI=1S/C18H30N2O2/c1-5-18(2,3)15-6-7-17(21-4)16(14-15)19-8-9-20-10-12-22-13-11-20/h6-7,14,19H,5,8-13H2,1-4H3. The zero-order valence-electron chi connectivity index (χ0n) is 14.4. The van der Waals surface area contributed by atoms with Crippen molar-refractivity contribution in [3.8, 4) is 5.75 Å². The molecule has 0 saturated carbocycles. The number of morpholine rings is 1. The van der Waals surface area contributed by atoms with Gasteiger partial charge in [0, 0.05) is 26.2 Å². The van der Waals surface area contributed by atoms with Crippen molar-refractivity contribution < 1.29 is 9.47 Å². The molecule has 124 valence electrons. The third-order valence-electron chi connectivity index (χ3n) is 4.71. The summed E-state index contributed by atoms with van der Waals surface area (Å²) in [4.78, 5) is 2.43. The van der Waals surface area contributed by atoms with E-state index in [1.165, 1.54) is 5.56 Å². The molecule has 0 amide bonds. The van der Waals surface area contributed by atoms with Gasteiger partial charge >= 0.3 is 0 Å². The van der Waals surface area contributed by atoms with Crippen LogP contribution in [0.5, 0.6) is 5.75 Å². The van der Waals surface area contributed by atoms with Crippen molar-refractivity contribution >= 4 is 5.69 Å². The number of ether oxygens (including phenoxy) is 2. The van der Waals surface area contributed by atoms with E-state index in [9.17, 15) is 0 Å². The molecule has 1 heterocycles. The fourth-order valence-corrected chi connectivity index (χ4v) is 2.64. The largest absolute Gasteiger partial charge is 0.495 e. The van der Waals surface area contributed by atoms with Crippen molar-refractivity contribution in [1.29, 1.82) is 0 Å². The van der Waals surface area contributed by atoms with Gasteiger partial charge in [-0.3, -0.25) is 4.90 Å². The highest BCUT2D eigenvalue weighted by atomic mass is 16.5. The number of anilines is 1. The van der Waals surface area contributed by atoms with Crippen LogP contribution in [-0.4, -0.2) is 51.4 Å². The molecule has 1 aromatic rings. The van der Waals surface area contributed by atoms with Crippen LogP contribution in [0.1, 0.15) is 32.8 Å². The second-order valence-electron chi connectivity index (χ2n) is 6.53. The molecule has 4 nitrogen and oxygen atoms in total.